The van der Waals surface area contributed by atoms with E-state index >= 15 is 0 Å². The Morgan fingerprint density at radius 2 is 1.96 bits per heavy atom. The van der Waals surface area contributed by atoms with Gasteiger partial charge in [0.25, 0.3) is 16.0 Å². The highest BCUT2D eigenvalue weighted by Gasteiger charge is 2.23. The third-order valence-corrected chi connectivity index (χ3v) is 4.79. The first kappa shape index (κ1) is 15.7. The Morgan fingerprint density at radius 1 is 1.26 bits per heavy atom. The second-order valence-electron chi connectivity index (χ2n) is 5.06. The van der Waals surface area contributed by atoms with E-state index in [2.05, 4.69) is 19.5 Å². The van der Waals surface area contributed by atoms with E-state index in [1.54, 1.807) is 4.68 Å². The SMILES string of the molecule is COc1c(F)cc(S(=O)(=O)Nc2nc3n(n2)CCCC3)cc1F. The summed E-state index contributed by atoms with van der Waals surface area (Å²) in [6, 6.07) is 1.36. The van der Waals surface area contributed by atoms with Crippen LogP contribution in [0.15, 0.2) is 17.0 Å². The molecule has 3 rings (SSSR count). The molecule has 2 heterocycles. The van der Waals surface area contributed by atoms with E-state index in [0.717, 1.165) is 20.0 Å². The van der Waals surface area contributed by atoms with Crippen molar-refractivity contribution in [3.63, 3.8) is 0 Å². The summed E-state index contributed by atoms with van der Waals surface area (Å²) in [6.07, 6.45) is 2.61. The number of hydrogen-bond acceptors (Lipinski definition) is 5. The Balaban J connectivity index is 1.91. The molecule has 0 saturated heterocycles. The maximum atomic E-state index is 13.7. The Bertz CT molecular complexity index is 804. The lowest BCUT2D eigenvalue weighted by Gasteiger charge is -2.09. The smallest absolute Gasteiger partial charge is 0.264 e. The van der Waals surface area contributed by atoms with Crippen LogP contribution < -0.4 is 9.46 Å². The van der Waals surface area contributed by atoms with Crippen LogP contribution in [0.2, 0.25) is 0 Å². The van der Waals surface area contributed by atoms with Crippen molar-refractivity contribution in [2.75, 3.05) is 11.8 Å². The van der Waals surface area contributed by atoms with Gasteiger partial charge >= 0.3 is 0 Å². The molecule has 2 aromatic rings. The Kier molecular flexibility index (Phi) is 3.92. The van der Waals surface area contributed by atoms with E-state index < -0.39 is 32.3 Å². The molecule has 1 aliphatic heterocycles. The van der Waals surface area contributed by atoms with Gasteiger partial charge in [0.15, 0.2) is 17.4 Å². The lowest BCUT2D eigenvalue weighted by atomic mass is 10.2. The van der Waals surface area contributed by atoms with Gasteiger partial charge in [-0.2, -0.15) is 4.98 Å². The lowest BCUT2D eigenvalue weighted by Crippen LogP contribution is -2.15. The first-order valence-corrected chi connectivity index (χ1v) is 8.38. The number of ether oxygens (including phenoxy) is 1. The summed E-state index contributed by atoms with van der Waals surface area (Å²) in [5.74, 6) is -2.28. The topological polar surface area (TPSA) is 86.1 Å². The maximum Gasteiger partial charge on any atom is 0.264 e. The average molecular weight is 344 g/mol. The number of nitrogens with zero attached hydrogens (tertiary/aromatic N) is 3. The summed E-state index contributed by atoms with van der Waals surface area (Å²) in [7, 11) is -3.12. The van der Waals surface area contributed by atoms with Gasteiger partial charge in [-0.3, -0.25) is 0 Å². The molecule has 1 aromatic heterocycles. The van der Waals surface area contributed by atoms with Crippen LogP contribution in [-0.4, -0.2) is 30.3 Å². The van der Waals surface area contributed by atoms with Crippen LogP contribution in [0.4, 0.5) is 14.7 Å². The molecular formula is C13H14F2N4O3S. The molecule has 0 atom stereocenters. The number of aromatic nitrogens is 3. The van der Waals surface area contributed by atoms with Crippen molar-refractivity contribution in [1.29, 1.82) is 0 Å². The molecule has 0 bridgehead atoms. The minimum atomic E-state index is -4.21. The van der Waals surface area contributed by atoms with Crippen molar-refractivity contribution in [3.05, 3.63) is 29.6 Å². The van der Waals surface area contributed by atoms with Crippen LogP contribution in [0.5, 0.6) is 5.75 Å². The molecule has 0 aliphatic carbocycles. The molecule has 23 heavy (non-hydrogen) atoms. The van der Waals surface area contributed by atoms with E-state index in [4.69, 9.17) is 0 Å². The predicted molar refractivity (Wildman–Crippen MR) is 76.7 cm³/mol. The van der Waals surface area contributed by atoms with E-state index in [9.17, 15) is 17.2 Å². The lowest BCUT2D eigenvalue weighted by molar-refractivity contribution is 0.358. The highest BCUT2D eigenvalue weighted by molar-refractivity contribution is 7.92. The fourth-order valence-corrected chi connectivity index (χ4v) is 3.35. The van der Waals surface area contributed by atoms with Crippen molar-refractivity contribution in [2.45, 2.75) is 30.7 Å². The fraction of sp³-hybridized carbons (Fsp3) is 0.385. The number of nitrogens with one attached hydrogen (secondary N) is 1. The van der Waals surface area contributed by atoms with Crippen molar-refractivity contribution in [2.24, 2.45) is 0 Å². The molecule has 0 saturated carbocycles. The minimum absolute atomic E-state index is 0.112. The summed E-state index contributed by atoms with van der Waals surface area (Å²) >= 11 is 0. The summed E-state index contributed by atoms with van der Waals surface area (Å²) in [5.41, 5.74) is 0. The number of methoxy groups -OCH3 is 1. The monoisotopic (exact) mass is 344 g/mol. The zero-order valence-corrected chi connectivity index (χ0v) is 13.0. The van der Waals surface area contributed by atoms with Gasteiger partial charge in [-0.25, -0.2) is 26.6 Å². The molecule has 1 aromatic carbocycles. The largest absolute Gasteiger partial charge is 0.491 e. The highest BCUT2D eigenvalue weighted by Crippen LogP contribution is 2.26. The standard InChI is InChI=1S/C13H14F2N4O3S/c1-22-12-9(14)6-8(7-10(12)15)23(20,21)18-13-16-11-4-2-3-5-19(11)17-13/h6-7H,2-5H2,1H3,(H,17,18). The van der Waals surface area contributed by atoms with Crippen LogP contribution in [0, 0.1) is 11.6 Å². The van der Waals surface area contributed by atoms with Crippen LogP contribution in [0.3, 0.4) is 0 Å². The summed E-state index contributed by atoms with van der Waals surface area (Å²) in [5, 5.41) is 4.04. The molecular weight excluding hydrogens is 330 g/mol. The molecule has 124 valence electrons. The van der Waals surface area contributed by atoms with Gasteiger partial charge in [0.1, 0.15) is 5.82 Å². The molecule has 1 aliphatic rings. The van der Waals surface area contributed by atoms with Crippen LogP contribution in [0.25, 0.3) is 0 Å². The normalized spacial score (nSPS) is 14.4. The molecule has 1 N–H and O–H groups in total. The molecule has 7 nitrogen and oxygen atoms in total. The zero-order valence-electron chi connectivity index (χ0n) is 12.2. The number of rotatable bonds is 4. The van der Waals surface area contributed by atoms with Crippen molar-refractivity contribution in [3.8, 4) is 5.75 Å². The van der Waals surface area contributed by atoms with Crippen LogP contribution in [-0.2, 0) is 23.0 Å². The number of hydrogen-bond donors (Lipinski definition) is 1. The van der Waals surface area contributed by atoms with Crippen molar-refractivity contribution in [1.82, 2.24) is 14.8 Å². The summed E-state index contributed by atoms with van der Waals surface area (Å²) in [4.78, 5) is 3.52. The number of halogens is 2. The van der Waals surface area contributed by atoms with Gasteiger partial charge in [-0.05, 0) is 25.0 Å². The minimum Gasteiger partial charge on any atom is -0.491 e. The van der Waals surface area contributed by atoms with Crippen molar-refractivity contribution >= 4 is 16.0 Å². The number of fused-ring (bicyclic) bond motifs is 1. The van der Waals surface area contributed by atoms with Gasteiger partial charge in [-0.1, -0.05) is 0 Å². The molecule has 0 fully saturated rings. The van der Waals surface area contributed by atoms with E-state index in [1.807, 2.05) is 0 Å². The molecule has 0 amide bonds. The highest BCUT2D eigenvalue weighted by atomic mass is 32.2. The third kappa shape index (κ3) is 2.98. The second-order valence-corrected chi connectivity index (χ2v) is 6.74. The Morgan fingerprint density at radius 3 is 2.57 bits per heavy atom. The Labute approximate surface area is 131 Å². The predicted octanol–water partition coefficient (Wildman–Crippen LogP) is 1.70. The van der Waals surface area contributed by atoms with E-state index in [1.165, 1.54) is 0 Å². The summed E-state index contributed by atoms with van der Waals surface area (Å²) in [6.45, 7) is 0.663. The number of sulfonamides is 1. The van der Waals surface area contributed by atoms with Gasteiger partial charge in [0.2, 0.25) is 0 Å². The average Bonchev–Trinajstić information content (AvgIpc) is 2.88. The molecule has 0 radical (unpaired) electrons. The van der Waals surface area contributed by atoms with E-state index in [0.29, 0.717) is 30.9 Å². The van der Waals surface area contributed by atoms with Gasteiger partial charge in [0, 0.05) is 13.0 Å². The molecule has 10 heteroatoms. The van der Waals surface area contributed by atoms with Gasteiger partial charge in [-0.15, -0.1) is 5.10 Å². The van der Waals surface area contributed by atoms with Gasteiger partial charge < -0.3 is 4.74 Å². The second kappa shape index (κ2) is 5.76. The zero-order chi connectivity index (χ0) is 16.6. The van der Waals surface area contributed by atoms with E-state index in [-0.39, 0.29) is 5.95 Å². The molecule has 0 spiro atoms. The number of benzene rings is 1. The first-order chi connectivity index (χ1) is 10.9. The quantitative estimate of drug-likeness (QED) is 0.912. The molecule has 0 unspecified atom stereocenters. The van der Waals surface area contributed by atoms with Gasteiger partial charge in [0.05, 0.1) is 12.0 Å². The summed E-state index contributed by atoms with van der Waals surface area (Å²) < 4.78 is 60.1. The Hall–Kier alpha value is -2.23. The van der Waals surface area contributed by atoms with Crippen LogP contribution >= 0.6 is 0 Å². The first-order valence-electron chi connectivity index (χ1n) is 6.90. The number of anilines is 1. The van der Waals surface area contributed by atoms with Crippen molar-refractivity contribution < 1.29 is 21.9 Å². The van der Waals surface area contributed by atoms with Crippen LogP contribution in [0.1, 0.15) is 18.7 Å². The fourth-order valence-electron chi connectivity index (χ4n) is 2.39. The third-order valence-electron chi connectivity index (χ3n) is 3.48. The number of aryl methyl sites for hydroxylation is 2. The maximum absolute atomic E-state index is 13.7.